The zero-order valence-electron chi connectivity index (χ0n) is 13.6. The summed E-state index contributed by atoms with van der Waals surface area (Å²) in [5.74, 6) is 6.00. The van der Waals surface area contributed by atoms with Crippen molar-refractivity contribution in [2.45, 2.75) is 4.90 Å². The number of pyridine rings is 1. The number of rotatable bonds is 5. The summed E-state index contributed by atoms with van der Waals surface area (Å²) in [5, 5.41) is 1.26. The van der Waals surface area contributed by atoms with Crippen molar-refractivity contribution < 1.29 is 13.2 Å². The number of nitrogens with zero attached hydrogens (tertiary/aromatic N) is 1. The maximum absolute atomic E-state index is 12.5. The van der Waals surface area contributed by atoms with Gasteiger partial charge in [-0.2, -0.15) is 4.72 Å². The quantitative estimate of drug-likeness (QED) is 0.683. The molecule has 1 aromatic heterocycles. The summed E-state index contributed by atoms with van der Waals surface area (Å²) in [4.78, 5) is 4.29. The second kappa shape index (κ2) is 8.19. The summed E-state index contributed by atoms with van der Waals surface area (Å²) in [6.45, 7) is 0.0821. The van der Waals surface area contributed by atoms with Crippen LogP contribution in [-0.4, -0.2) is 26.6 Å². The molecule has 5 nitrogen and oxygen atoms in total. The van der Waals surface area contributed by atoms with Crippen LogP contribution in [0.5, 0.6) is 5.75 Å². The van der Waals surface area contributed by atoms with Crippen molar-refractivity contribution in [3.8, 4) is 17.6 Å². The van der Waals surface area contributed by atoms with Crippen molar-refractivity contribution in [1.82, 2.24) is 9.71 Å². The van der Waals surface area contributed by atoms with Crippen LogP contribution in [0.25, 0.3) is 10.9 Å². The van der Waals surface area contributed by atoms with E-state index >= 15 is 0 Å². The number of aromatic nitrogens is 1. The van der Waals surface area contributed by atoms with E-state index in [1.807, 2.05) is 12.1 Å². The number of hydrogen-bond donors (Lipinski definition) is 1. The topological polar surface area (TPSA) is 68.3 Å². The van der Waals surface area contributed by atoms with Gasteiger partial charge in [-0.05, 0) is 24.3 Å². The van der Waals surface area contributed by atoms with Gasteiger partial charge in [-0.15, -0.1) is 0 Å². The highest BCUT2D eigenvalue weighted by atomic mass is 35.5. The standard InChI is InChI=1S/C19H15ClN2O3S/c20-16-9-1-2-10-17(16)25-14-4-3-13-22-26(23,24)18-11-5-7-15-8-6-12-21-19(15)18/h1-2,5-12,22H,13-14H2. The molecule has 3 rings (SSSR count). The number of nitrogens with one attached hydrogen (secondary N) is 1. The molecule has 1 N–H and O–H groups in total. The molecular weight excluding hydrogens is 372 g/mol. The van der Waals surface area contributed by atoms with Gasteiger partial charge in [0.25, 0.3) is 0 Å². The van der Waals surface area contributed by atoms with Gasteiger partial charge in [0.05, 0.1) is 17.1 Å². The Balaban J connectivity index is 1.62. The lowest BCUT2D eigenvalue weighted by Gasteiger charge is -2.06. The van der Waals surface area contributed by atoms with Crippen LogP contribution in [-0.2, 0) is 10.0 Å². The Hall–Kier alpha value is -2.59. The Labute approximate surface area is 157 Å². The third-order valence-electron chi connectivity index (χ3n) is 3.50. The van der Waals surface area contributed by atoms with Crippen molar-refractivity contribution in [2.24, 2.45) is 0 Å². The first kappa shape index (κ1) is 18.2. The first-order valence-corrected chi connectivity index (χ1v) is 9.60. The molecule has 0 spiro atoms. The molecule has 7 heteroatoms. The number of halogens is 1. The molecular formula is C19H15ClN2O3S. The smallest absolute Gasteiger partial charge is 0.243 e. The second-order valence-electron chi connectivity index (χ2n) is 5.23. The molecule has 0 atom stereocenters. The number of para-hydroxylation sites is 2. The van der Waals surface area contributed by atoms with Gasteiger partial charge in [0, 0.05) is 11.6 Å². The van der Waals surface area contributed by atoms with E-state index in [2.05, 4.69) is 21.5 Å². The number of benzene rings is 2. The maximum Gasteiger partial charge on any atom is 0.243 e. The van der Waals surface area contributed by atoms with Crippen LogP contribution < -0.4 is 9.46 Å². The van der Waals surface area contributed by atoms with E-state index in [0.717, 1.165) is 5.39 Å². The average Bonchev–Trinajstić information content (AvgIpc) is 2.65. The van der Waals surface area contributed by atoms with Crippen LogP contribution in [0.1, 0.15) is 0 Å². The molecule has 0 amide bonds. The van der Waals surface area contributed by atoms with E-state index < -0.39 is 10.0 Å². The highest BCUT2D eigenvalue weighted by Crippen LogP contribution is 2.22. The predicted octanol–water partition coefficient (Wildman–Crippen LogP) is 3.25. The summed E-state index contributed by atoms with van der Waals surface area (Å²) < 4.78 is 32.8. The Morgan fingerprint density at radius 1 is 1.04 bits per heavy atom. The van der Waals surface area contributed by atoms with Gasteiger partial charge in [-0.1, -0.05) is 53.8 Å². The van der Waals surface area contributed by atoms with Crippen LogP contribution in [0.2, 0.25) is 5.02 Å². The van der Waals surface area contributed by atoms with Gasteiger partial charge < -0.3 is 4.74 Å². The molecule has 0 radical (unpaired) electrons. The lowest BCUT2D eigenvalue weighted by Crippen LogP contribution is -2.24. The van der Waals surface area contributed by atoms with Crippen molar-refractivity contribution in [3.05, 3.63) is 65.8 Å². The maximum atomic E-state index is 12.5. The van der Waals surface area contributed by atoms with Crippen LogP contribution in [0.3, 0.4) is 0 Å². The molecule has 2 aromatic carbocycles. The van der Waals surface area contributed by atoms with Gasteiger partial charge in [0.2, 0.25) is 10.0 Å². The zero-order valence-corrected chi connectivity index (χ0v) is 15.2. The van der Waals surface area contributed by atoms with Crippen LogP contribution in [0.4, 0.5) is 0 Å². The minimum absolute atomic E-state index is 0.0303. The summed E-state index contributed by atoms with van der Waals surface area (Å²) in [6, 6.07) is 15.7. The molecule has 132 valence electrons. The van der Waals surface area contributed by atoms with E-state index in [-0.39, 0.29) is 18.0 Å². The SMILES string of the molecule is O=S(=O)(NCC#CCOc1ccccc1Cl)c1cccc2cccnc12. The van der Waals surface area contributed by atoms with Gasteiger partial charge in [0.15, 0.2) is 0 Å². The fourth-order valence-corrected chi connectivity index (χ4v) is 3.58. The fraction of sp³-hybridized carbons (Fsp3) is 0.105. The molecule has 0 aliphatic carbocycles. The number of ether oxygens (including phenoxy) is 1. The van der Waals surface area contributed by atoms with E-state index in [4.69, 9.17) is 16.3 Å². The average molecular weight is 387 g/mol. The van der Waals surface area contributed by atoms with E-state index in [0.29, 0.717) is 16.3 Å². The highest BCUT2D eigenvalue weighted by molar-refractivity contribution is 7.89. The summed E-state index contributed by atoms with van der Waals surface area (Å²) in [5.41, 5.74) is 0.428. The van der Waals surface area contributed by atoms with Crippen LogP contribution >= 0.6 is 11.6 Å². The Morgan fingerprint density at radius 3 is 2.69 bits per heavy atom. The molecule has 0 aliphatic heterocycles. The normalized spacial score (nSPS) is 11.0. The molecule has 3 aromatic rings. The molecule has 1 heterocycles. The molecule has 0 fully saturated rings. The molecule has 26 heavy (non-hydrogen) atoms. The third-order valence-corrected chi connectivity index (χ3v) is 5.24. The first-order chi connectivity index (χ1) is 12.6. The Bertz CT molecular complexity index is 1080. The van der Waals surface area contributed by atoms with Crippen molar-refractivity contribution in [1.29, 1.82) is 0 Å². The fourth-order valence-electron chi connectivity index (χ4n) is 2.29. The third kappa shape index (κ3) is 4.33. The lowest BCUT2D eigenvalue weighted by molar-refractivity contribution is 0.370. The summed E-state index contributed by atoms with van der Waals surface area (Å²) >= 11 is 5.97. The minimum Gasteiger partial charge on any atom is -0.479 e. The monoisotopic (exact) mass is 386 g/mol. The lowest BCUT2D eigenvalue weighted by atomic mass is 10.2. The summed E-state index contributed by atoms with van der Waals surface area (Å²) in [6.07, 6.45) is 1.56. The highest BCUT2D eigenvalue weighted by Gasteiger charge is 2.16. The van der Waals surface area contributed by atoms with E-state index in [9.17, 15) is 8.42 Å². The van der Waals surface area contributed by atoms with Gasteiger partial charge in [-0.3, -0.25) is 4.98 Å². The predicted molar refractivity (Wildman–Crippen MR) is 102 cm³/mol. The van der Waals surface area contributed by atoms with Crippen molar-refractivity contribution >= 4 is 32.5 Å². The van der Waals surface area contributed by atoms with Crippen LogP contribution in [0.15, 0.2) is 65.7 Å². The van der Waals surface area contributed by atoms with Crippen LogP contribution in [0, 0.1) is 11.8 Å². The first-order valence-electron chi connectivity index (χ1n) is 7.74. The molecule has 0 saturated heterocycles. The number of sulfonamides is 1. The Morgan fingerprint density at radius 2 is 1.85 bits per heavy atom. The molecule has 0 aliphatic rings. The van der Waals surface area contributed by atoms with Crippen molar-refractivity contribution in [3.63, 3.8) is 0 Å². The van der Waals surface area contributed by atoms with Gasteiger partial charge in [-0.25, -0.2) is 8.42 Å². The second-order valence-corrected chi connectivity index (χ2v) is 7.37. The summed E-state index contributed by atoms with van der Waals surface area (Å²) in [7, 11) is -3.71. The molecule has 0 bridgehead atoms. The largest absolute Gasteiger partial charge is 0.479 e. The van der Waals surface area contributed by atoms with E-state index in [1.165, 1.54) is 6.07 Å². The van der Waals surface area contributed by atoms with E-state index in [1.54, 1.807) is 42.6 Å². The number of fused-ring (bicyclic) bond motifs is 1. The van der Waals surface area contributed by atoms with Gasteiger partial charge in [0.1, 0.15) is 17.3 Å². The Kier molecular flexibility index (Phi) is 5.74. The molecule has 0 saturated carbocycles. The van der Waals surface area contributed by atoms with Crippen molar-refractivity contribution in [2.75, 3.05) is 13.2 Å². The molecule has 0 unspecified atom stereocenters. The zero-order chi connectivity index (χ0) is 18.4. The minimum atomic E-state index is -3.71. The van der Waals surface area contributed by atoms with Gasteiger partial charge >= 0.3 is 0 Å². The number of hydrogen-bond acceptors (Lipinski definition) is 4.